The van der Waals surface area contributed by atoms with Crippen LogP contribution in [-0.4, -0.2) is 18.0 Å². The molecule has 28 heavy (non-hydrogen) atoms. The lowest BCUT2D eigenvalue weighted by atomic mass is 10.1. The Labute approximate surface area is 171 Å². The molecule has 142 valence electrons. The van der Waals surface area contributed by atoms with E-state index in [2.05, 4.69) is 4.98 Å². The lowest BCUT2D eigenvalue weighted by Gasteiger charge is -2.19. The number of benzene rings is 2. The van der Waals surface area contributed by atoms with Gasteiger partial charge in [-0.1, -0.05) is 40.6 Å². The van der Waals surface area contributed by atoms with Gasteiger partial charge in [0.05, 0.1) is 29.6 Å². The fourth-order valence-corrected chi connectivity index (χ4v) is 4.19. The van der Waals surface area contributed by atoms with Crippen LogP contribution in [-0.2, 0) is 6.54 Å². The summed E-state index contributed by atoms with van der Waals surface area (Å²) in [4.78, 5) is 19.6. The van der Waals surface area contributed by atoms with Crippen LogP contribution in [0.5, 0.6) is 5.75 Å². The Kier molecular flexibility index (Phi) is 5.07. The molecule has 2 aromatic carbocycles. The number of nitrogens with zero attached hydrogens (tertiary/aromatic N) is 2. The fraction of sp³-hybridized carbons (Fsp3) is 0.143. The summed E-state index contributed by atoms with van der Waals surface area (Å²) in [5.41, 5.74) is 2.23. The van der Waals surface area contributed by atoms with Gasteiger partial charge in [0, 0.05) is 5.56 Å². The topological polar surface area (TPSA) is 55.6 Å². The second-order valence-electron chi connectivity index (χ2n) is 6.26. The quantitative estimate of drug-likeness (QED) is 0.421. The van der Waals surface area contributed by atoms with E-state index in [1.165, 1.54) is 11.3 Å². The Hall–Kier alpha value is -2.83. The number of methoxy groups -OCH3 is 1. The van der Waals surface area contributed by atoms with Crippen LogP contribution in [0.25, 0.3) is 10.2 Å². The van der Waals surface area contributed by atoms with Crippen LogP contribution >= 0.6 is 22.9 Å². The standard InChI is InChI=1S/C21H17ClN2O3S/c1-13-5-3-6-14(11-13)20(25)24(12-15-7-4-10-27-15)21-23-18-17(26-2)9-8-16(22)19(18)28-21/h3-11H,12H2,1-2H3. The van der Waals surface area contributed by atoms with E-state index in [4.69, 9.17) is 20.8 Å². The summed E-state index contributed by atoms with van der Waals surface area (Å²) in [7, 11) is 1.58. The lowest BCUT2D eigenvalue weighted by molar-refractivity contribution is 0.0983. The molecule has 4 rings (SSSR count). The molecule has 0 aliphatic heterocycles. The molecule has 0 aliphatic rings. The van der Waals surface area contributed by atoms with Crippen molar-refractivity contribution in [3.63, 3.8) is 0 Å². The van der Waals surface area contributed by atoms with Gasteiger partial charge in [0.25, 0.3) is 5.91 Å². The number of halogens is 1. The first-order valence-corrected chi connectivity index (χ1v) is 9.80. The number of amides is 1. The van der Waals surface area contributed by atoms with Crippen LogP contribution in [0.1, 0.15) is 21.7 Å². The molecule has 0 unspecified atom stereocenters. The number of anilines is 1. The second-order valence-corrected chi connectivity index (χ2v) is 7.65. The Morgan fingerprint density at radius 1 is 1.25 bits per heavy atom. The van der Waals surface area contributed by atoms with E-state index < -0.39 is 0 Å². The van der Waals surface area contributed by atoms with Gasteiger partial charge >= 0.3 is 0 Å². The molecule has 2 heterocycles. The predicted molar refractivity (Wildman–Crippen MR) is 112 cm³/mol. The summed E-state index contributed by atoms with van der Waals surface area (Å²) in [5.74, 6) is 1.12. The summed E-state index contributed by atoms with van der Waals surface area (Å²) in [6, 6.07) is 14.6. The molecule has 0 spiro atoms. The first kappa shape index (κ1) is 18.5. The molecule has 0 radical (unpaired) electrons. The van der Waals surface area contributed by atoms with Crippen LogP contribution in [0.4, 0.5) is 5.13 Å². The van der Waals surface area contributed by atoms with E-state index in [9.17, 15) is 4.79 Å². The average Bonchev–Trinajstić information content (AvgIpc) is 3.36. The molecule has 4 aromatic rings. The molecule has 0 saturated heterocycles. The van der Waals surface area contributed by atoms with Crippen molar-refractivity contribution in [1.29, 1.82) is 0 Å². The van der Waals surface area contributed by atoms with Crippen LogP contribution in [0.2, 0.25) is 5.02 Å². The minimum absolute atomic E-state index is 0.158. The van der Waals surface area contributed by atoms with E-state index in [-0.39, 0.29) is 12.5 Å². The first-order chi connectivity index (χ1) is 13.6. The Balaban J connectivity index is 1.82. The summed E-state index contributed by atoms with van der Waals surface area (Å²) >= 11 is 7.71. The zero-order valence-corrected chi connectivity index (χ0v) is 16.9. The highest BCUT2D eigenvalue weighted by Crippen LogP contribution is 2.39. The second kappa shape index (κ2) is 7.66. The van der Waals surface area contributed by atoms with Gasteiger partial charge in [-0.2, -0.15) is 0 Å². The van der Waals surface area contributed by atoms with Gasteiger partial charge in [0.15, 0.2) is 5.13 Å². The number of aromatic nitrogens is 1. The maximum Gasteiger partial charge on any atom is 0.260 e. The van der Waals surface area contributed by atoms with Crippen molar-refractivity contribution in [2.24, 2.45) is 0 Å². The van der Waals surface area contributed by atoms with Crippen molar-refractivity contribution in [3.05, 3.63) is 76.7 Å². The summed E-state index contributed by atoms with van der Waals surface area (Å²) in [6.07, 6.45) is 1.59. The van der Waals surface area contributed by atoms with E-state index in [1.807, 2.05) is 31.2 Å². The number of rotatable bonds is 5. The van der Waals surface area contributed by atoms with Crippen LogP contribution < -0.4 is 9.64 Å². The fourth-order valence-electron chi connectivity index (χ4n) is 2.94. The van der Waals surface area contributed by atoms with E-state index in [0.29, 0.717) is 32.7 Å². The van der Waals surface area contributed by atoms with Gasteiger partial charge in [0.2, 0.25) is 0 Å². The number of hydrogen-bond donors (Lipinski definition) is 0. The van der Waals surface area contributed by atoms with Crippen molar-refractivity contribution in [1.82, 2.24) is 4.98 Å². The minimum Gasteiger partial charge on any atom is -0.494 e. The van der Waals surface area contributed by atoms with Crippen molar-refractivity contribution >= 4 is 44.2 Å². The summed E-state index contributed by atoms with van der Waals surface area (Å²) < 4.78 is 11.7. The van der Waals surface area contributed by atoms with Crippen molar-refractivity contribution in [2.45, 2.75) is 13.5 Å². The maximum absolute atomic E-state index is 13.3. The van der Waals surface area contributed by atoms with Gasteiger partial charge in [-0.15, -0.1) is 0 Å². The zero-order valence-electron chi connectivity index (χ0n) is 15.3. The van der Waals surface area contributed by atoms with Crippen LogP contribution in [0.15, 0.2) is 59.2 Å². The highest BCUT2D eigenvalue weighted by atomic mass is 35.5. The molecule has 0 saturated carbocycles. The molecule has 1 amide bonds. The number of furan rings is 1. The molecule has 0 atom stereocenters. The number of carbonyl (C=O) groups is 1. The minimum atomic E-state index is -0.158. The predicted octanol–water partition coefficient (Wildman–Crippen LogP) is 5.71. The summed E-state index contributed by atoms with van der Waals surface area (Å²) in [6.45, 7) is 2.22. The van der Waals surface area contributed by atoms with Crippen molar-refractivity contribution in [3.8, 4) is 5.75 Å². The SMILES string of the molecule is COc1ccc(Cl)c2sc(N(Cc3ccco3)C(=O)c3cccc(C)c3)nc12. The monoisotopic (exact) mass is 412 g/mol. The number of carbonyl (C=O) groups excluding carboxylic acids is 1. The highest BCUT2D eigenvalue weighted by Gasteiger charge is 2.24. The number of aryl methyl sites for hydroxylation is 1. The molecular weight excluding hydrogens is 396 g/mol. The molecule has 2 aromatic heterocycles. The third kappa shape index (κ3) is 3.48. The maximum atomic E-state index is 13.3. The molecule has 7 heteroatoms. The molecule has 0 N–H and O–H groups in total. The van der Waals surface area contributed by atoms with E-state index in [0.717, 1.165) is 10.3 Å². The normalized spacial score (nSPS) is 11.0. The van der Waals surface area contributed by atoms with Crippen LogP contribution in [0, 0.1) is 6.92 Å². The van der Waals surface area contributed by atoms with Crippen molar-refractivity contribution < 1.29 is 13.9 Å². The van der Waals surface area contributed by atoms with Crippen molar-refractivity contribution in [2.75, 3.05) is 12.0 Å². The van der Waals surface area contributed by atoms with Gasteiger partial charge in [-0.3, -0.25) is 9.69 Å². The zero-order chi connectivity index (χ0) is 19.7. The number of thiazole rings is 1. The number of hydrogen-bond acceptors (Lipinski definition) is 5. The summed E-state index contributed by atoms with van der Waals surface area (Å²) in [5, 5.41) is 1.10. The largest absolute Gasteiger partial charge is 0.494 e. The molecule has 0 fully saturated rings. The van der Waals surface area contributed by atoms with Gasteiger partial charge in [0.1, 0.15) is 17.0 Å². The number of ether oxygens (including phenoxy) is 1. The van der Waals surface area contributed by atoms with E-state index in [1.54, 1.807) is 42.5 Å². The first-order valence-electron chi connectivity index (χ1n) is 8.61. The van der Waals surface area contributed by atoms with Gasteiger partial charge in [-0.25, -0.2) is 4.98 Å². The average molecular weight is 413 g/mol. The Morgan fingerprint density at radius 3 is 2.82 bits per heavy atom. The molecule has 0 bridgehead atoms. The highest BCUT2D eigenvalue weighted by molar-refractivity contribution is 7.23. The van der Waals surface area contributed by atoms with Gasteiger partial charge < -0.3 is 9.15 Å². The van der Waals surface area contributed by atoms with E-state index >= 15 is 0 Å². The third-order valence-electron chi connectivity index (χ3n) is 4.30. The van der Waals surface area contributed by atoms with Crippen LogP contribution in [0.3, 0.4) is 0 Å². The molecular formula is C21H17ClN2O3S. The third-order valence-corrected chi connectivity index (χ3v) is 5.84. The Morgan fingerprint density at radius 2 is 2.11 bits per heavy atom. The lowest BCUT2D eigenvalue weighted by Crippen LogP contribution is -2.30. The van der Waals surface area contributed by atoms with Gasteiger partial charge in [-0.05, 0) is 43.3 Å². The number of fused-ring (bicyclic) bond motifs is 1. The molecule has 0 aliphatic carbocycles. The molecule has 5 nitrogen and oxygen atoms in total. The Bertz CT molecular complexity index is 1140. The smallest absolute Gasteiger partial charge is 0.260 e.